The van der Waals surface area contributed by atoms with Crippen molar-refractivity contribution in [2.75, 3.05) is 26.0 Å². The average Bonchev–Trinajstić information content (AvgIpc) is 3.04. The molecule has 0 spiro atoms. The Bertz CT molecular complexity index is 765. The van der Waals surface area contributed by atoms with E-state index in [4.69, 9.17) is 4.74 Å². The summed E-state index contributed by atoms with van der Waals surface area (Å²) in [5.41, 5.74) is 1.36. The van der Waals surface area contributed by atoms with E-state index in [2.05, 4.69) is 25.5 Å². The predicted octanol–water partition coefficient (Wildman–Crippen LogP) is 1.67. The molecule has 2 N–H and O–H groups in total. The number of nitrogens with zero attached hydrogens (tertiary/aromatic N) is 3. The average molecular weight is 353 g/mol. The molecule has 2 fully saturated rings. The Hall–Kier alpha value is -2.51. The van der Waals surface area contributed by atoms with Crippen molar-refractivity contribution in [3.8, 4) is 0 Å². The van der Waals surface area contributed by atoms with Crippen LogP contribution in [0.25, 0.3) is 0 Å². The molecule has 2 heterocycles. The minimum absolute atomic E-state index is 0.104. The van der Waals surface area contributed by atoms with Gasteiger partial charge < -0.3 is 20.3 Å². The van der Waals surface area contributed by atoms with E-state index in [1.807, 2.05) is 44.4 Å². The maximum absolute atomic E-state index is 12.6. The van der Waals surface area contributed by atoms with E-state index in [9.17, 15) is 4.79 Å². The van der Waals surface area contributed by atoms with Crippen LogP contribution in [0, 0.1) is 5.92 Å². The van der Waals surface area contributed by atoms with Crippen LogP contribution in [0.3, 0.4) is 0 Å². The van der Waals surface area contributed by atoms with Gasteiger partial charge in [0.15, 0.2) is 0 Å². The van der Waals surface area contributed by atoms with Crippen molar-refractivity contribution in [1.29, 1.82) is 0 Å². The topological polar surface area (TPSA) is 79.4 Å². The number of amides is 1. The highest BCUT2D eigenvalue weighted by molar-refractivity contribution is 5.94. The lowest BCUT2D eigenvalue weighted by Gasteiger charge is -2.50. The molecule has 4 rings (SSSR count). The summed E-state index contributed by atoms with van der Waals surface area (Å²) in [5.74, 6) is 0.719. The number of likely N-dealkylation sites (N-methyl/N-ethyl adjacent to an activating group) is 1. The lowest BCUT2D eigenvalue weighted by molar-refractivity contribution is -0.0664. The summed E-state index contributed by atoms with van der Waals surface area (Å²) in [5, 5.41) is 6.25. The van der Waals surface area contributed by atoms with Gasteiger partial charge in [-0.15, -0.1) is 0 Å². The summed E-state index contributed by atoms with van der Waals surface area (Å²) in [6.45, 7) is 0.773. The van der Waals surface area contributed by atoms with Crippen molar-refractivity contribution >= 4 is 17.5 Å². The number of aromatic nitrogens is 2. The molecule has 1 aromatic carbocycles. The van der Waals surface area contributed by atoms with Crippen LogP contribution < -0.4 is 10.6 Å². The fraction of sp³-hybridized carbons (Fsp3) is 0.421. The molecule has 0 radical (unpaired) electrons. The Morgan fingerprint density at radius 2 is 1.92 bits per heavy atom. The first-order valence-electron chi connectivity index (χ1n) is 8.86. The molecular weight excluding hydrogens is 330 g/mol. The number of anilines is 2. The number of rotatable bonds is 5. The molecule has 1 saturated carbocycles. The van der Waals surface area contributed by atoms with E-state index in [1.54, 1.807) is 12.4 Å². The first-order valence-corrected chi connectivity index (χ1v) is 8.86. The molecule has 1 amide bonds. The molecule has 1 saturated heterocycles. The SMILES string of the molecule is CN(C)[C@@H]1[C@@H](NC(=O)c2cnc(Nc3ccccc3)nc2)[C@H]2CCO[C@H]21. The molecule has 136 valence electrons. The van der Waals surface area contributed by atoms with E-state index < -0.39 is 0 Å². The Kier molecular flexibility index (Phi) is 4.57. The Labute approximate surface area is 152 Å². The highest BCUT2D eigenvalue weighted by Gasteiger charge is 2.55. The Morgan fingerprint density at radius 3 is 2.62 bits per heavy atom. The molecule has 7 heteroatoms. The van der Waals surface area contributed by atoms with Gasteiger partial charge in [-0.3, -0.25) is 4.79 Å². The number of hydrogen-bond donors (Lipinski definition) is 2. The minimum Gasteiger partial charge on any atom is -0.376 e. The number of nitrogens with one attached hydrogen (secondary N) is 2. The van der Waals surface area contributed by atoms with Crippen molar-refractivity contribution in [2.45, 2.75) is 24.6 Å². The number of carbonyl (C=O) groups is 1. The lowest BCUT2D eigenvalue weighted by atomic mass is 9.71. The van der Waals surface area contributed by atoms with E-state index in [1.165, 1.54) is 0 Å². The highest BCUT2D eigenvalue weighted by atomic mass is 16.5. The monoisotopic (exact) mass is 353 g/mol. The van der Waals surface area contributed by atoms with Crippen LogP contribution in [-0.4, -0.2) is 59.7 Å². The summed E-state index contributed by atoms with van der Waals surface area (Å²) in [4.78, 5) is 23.2. The van der Waals surface area contributed by atoms with Gasteiger partial charge in [-0.2, -0.15) is 0 Å². The maximum Gasteiger partial charge on any atom is 0.254 e. The highest BCUT2D eigenvalue weighted by Crippen LogP contribution is 2.41. The van der Waals surface area contributed by atoms with Crippen molar-refractivity contribution in [3.63, 3.8) is 0 Å². The van der Waals surface area contributed by atoms with Crippen molar-refractivity contribution in [1.82, 2.24) is 20.2 Å². The first kappa shape index (κ1) is 16.9. The van der Waals surface area contributed by atoms with Gasteiger partial charge >= 0.3 is 0 Å². The molecule has 0 unspecified atom stereocenters. The lowest BCUT2D eigenvalue weighted by Crippen LogP contribution is -2.69. The van der Waals surface area contributed by atoms with Crippen LogP contribution in [0.4, 0.5) is 11.6 Å². The maximum atomic E-state index is 12.6. The van der Waals surface area contributed by atoms with Gasteiger partial charge in [0, 0.05) is 30.6 Å². The molecule has 4 atom stereocenters. The molecule has 0 bridgehead atoms. The summed E-state index contributed by atoms with van der Waals surface area (Å²) < 4.78 is 5.79. The Balaban J connectivity index is 1.40. The quantitative estimate of drug-likeness (QED) is 0.851. The molecule has 2 aliphatic rings. The largest absolute Gasteiger partial charge is 0.376 e. The number of benzene rings is 1. The summed E-state index contributed by atoms with van der Waals surface area (Å²) in [6.07, 6.45) is 4.33. The number of ether oxygens (including phenoxy) is 1. The predicted molar refractivity (Wildman–Crippen MR) is 98.3 cm³/mol. The van der Waals surface area contributed by atoms with Crippen LogP contribution in [0.15, 0.2) is 42.7 Å². The van der Waals surface area contributed by atoms with Gasteiger partial charge in [0.2, 0.25) is 5.95 Å². The summed E-state index contributed by atoms with van der Waals surface area (Å²) in [7, 11) is 4.05. The van der Waals surface area contributed by atoms with E-state index in [0.29, 0.717) is 17.4 Å². The van der Waals surface area contributed by atoms with Gasteiger partial charge in [-0.05, 0) is 32.6 Å². The number of fused-ring (bicyclic) bond motifs is 1. The molecular formula is C19H23N5O2. The fourth-order valence-electron chi connectivity index (χ4n) is 3.88. The zero-order chi connectivity index (χ0) is 18.1. The number of para-hydroxylation sites is 1. The van der Waals surface area contributed by atoms with Crippen molar-refractivity contribution in [3.05, 3.63) is 48.3 Å². The number of carbonyl (C=O) groups excluding carboxylic acids is 1. The van der Waals surface area contributed by atoms with Gasteiger partial charge in [0.1, 0.15) is 0 Å². The van der Waals surface area contributed by atoms with Gasteiger partial charge in [-0.25, -0.2) is 9.97 Å². The molecule has 1 aliphatic heterocycles. The standard InChI is InChI=1S/C19H23N5O2/c1-24(2)16-15(14-8-9-26-17(14)16)23-18(25)12-10-20-19(21-11-12)22-13-6-4-3-5-7-13/h3-7,10-11,14-17H,8-9H2,1-2H3,(H,23,25)(H,20,21,22)/t14-,15+,16-,17-/m1/s1. The molecule has 1 aromatic heterocycles. The molecule has 26 heavy (non-hydrogen) atoms. The summed E-state index contributed by atoms with van der Waals surface area (Å²) in [6, 6.07) is 10.00. The zero-order valence-electron chi connectivity index (χ0n) is 14.9. The Morgan fingerprint density at radius 1 is 1.19 bits per heavy atom. The van der Waals surface area contributed by atoms with E-state index in [0.717, 1.165) is 18.7 Å². The third-order valence-electron chi connectivity index (χ3n) is 5.19. The minimum atomic E-state index is -0.140. The van der Waals surface area contributed by atoms with Gasteiger partial charge in [0.05, 0.1) is 23.8 Å². The molecule has 1 aliphatic carbocycles. The van der Waals surface area contributed by atoms with E-state index in [-0.39, 0.29) is 24.1 Å². The normalized spacial score (nSPS) is 26.9. The molecule has 2 aromatic rings. The third-order valence-corrected chi connectivity index (χ3v) is 5.19. The number of hydrogen-bond acceptors (Lipinski definition) is 6. The first-order chi connectivity index (χ1) is 12.6. The third kappa shape index (κ3) is 3.15. The second-order valence-corrected chi connectivity index (χ2v) is 7.03. The van der Waals surface area contributed by atoms with Crippen molar-refractivity contribution in [2.24, 2.45) is 5.92 Å². The zero-order valence-corrected chi connectivity index (χ0v) is 14.9. The summed E-state index contributed by atoms with van der Waals surface area (Å²) >= 11 is 0. The van der Waals surface area contributed by atoms with Crippen LogP contribution in [-0.2, 0) is 4.74 Å². The van der Waals surface area contributed by atoms with Gasteiger partial charge in [-0.1, -0.05) is 18.2 Å². The van der Waals surface area contributed by atoms with Crippen molar-refractivity contribution < 1.29 is 9.53 Å². The van der Waals surface area contributed by atoms with Gasteiger partial charge in [0.25, 0.3) is 5.91 Å². The fourth-order valence-corrected chi connectivity index (χ4v) is 3.88. The van der Waals surface area contributed by atoms with Crippen LogP contribution >= 0.6 is 0 Å². The smallest absolute Gasteiger partial charge is 0.254 e. The van der Waals surface area contributed by atoms with Crippen LogP contribution in [0.1, 0.15) is 16.8 Å². The van der Waals surface area contributed by atoms with Crippen LogP contribution in [0.5, 0.6) is 0 Å². The van der Waals surface area contributed by atoms with Crippen LogP contribution in [0.2, 0.25) is 0 Å². The second-order valence-electron chi connectivity index (χ2n) is 7.03. The molecule has 7 nitrogen and oxygen atoms in total. The van der Waals surface area contributed by atoms with E-state index >= 15 is 0 Å². The second kappa shape index (κ2) is 7.01.